The van der Waals surface area contributed by atoms with Crippen LogP contribution in [0.4, 0.5) is 0 Å². The standard InChI is InChI=1S/C33H36O2/c1-23(2)25-7-15-29(16-8-25)34-31-19-11-27(12-20-31)33(5,6)28-13-21-32(22-14-28)35-30-17-9-26(10-18-30)24(3)4/h7-24H,1-6H3. The Kier molecular flexibility index (Phi) is 7.31. The summed E-state index contributed by atoms with van der Waals surface area (Å²) in [6.45, 7) is 13.3. The molecular weight excluding hydrogens is 428 g/mol. The summed E-state index contributed by atoms with van der Waals surface area (Å²) in [5.41, 5.74) is 4.95. The van der Waals surface area contributed by atoms with Crippen molar-refractivity contribution in [2.24, 2.45) is 0 Å². The first-order valence-corrected chi connectivity index (χ1v) is 12.5. The molecule has 0 fully saturated rings. The van der Waals surface area contributed by atoms with Crippen molar-refractivity contribution >= 4 is 0 Å². The van der Waals surface area contributed by atoms with Gasteiger partial charge in [-0.1, -0.05) is 90.1 Å². The molecule has 4 aromatic carbocycles. The van der Waals surface area contributed by atoms with Crippen LogP contribution in [-0.4, -0.2) is 0 Å². The van der Waals surface area contributed by atoms with Crippen LogP contribution >= 0.6 is 0 Å². The van der Waals surface area contributed by atoms with Crippen LogP contribution in [0.3, 0.4) is 0 Å². The zero-order chi connectivity index (χ0) is 25.0. The van der Waals surface area contributed by atoms with Crippen molar-refractivity contribution in [3.63, 3.8) is 0 Å². The van der Waals surface area contributed by atoms with Crippen LogP contribution < -0.4 is 9.47 Å². The minimum atomic E-state index is -0.144. The second-order valence-corrected chi connectivity index (χ2v) is 10.3. The molecule has 2 heteroatoms. The van der Waals surface area contributed by atoms with Gasteiger partial charge in [-0.05, 0) is 82.6 Å². The van der Waals surface area contributed by atoms with Crippen LogP contribution in [0.1, 0.15) is 75.6 Å². The molecule has 0 amide bonds. The minimum Gasteiger partial charge on any atom is -0.457 e. The first kappa shape index (κ1) is 24.6. The number of hydrogen-bond donors (Lipinski definition) is 0. The van der Waals surface area contributed by atoms with E-state index in [1.807, 2.05) is 48.5 Å². The molecule has 0 aliphatic heterocycles. The Bertz CT molecular complexity index is 1120. The van der Waals surface area contributed by atoms with Crippen LogP contribution in [0, 0.1) is 0 Å². The number of ether oxygens (including phenoxy) is 2. The lowest BCUT2D eigenvalue weighted by Gasteiger charge is -2.26. The van der Waals surface area contributed by atoms with E-state index in [9.17, 15) is 0 Å². The van der Waals surface area contributed by atoms with Crippen molar-refractivity contribution in [2.45, 2.75) is 58.8 Å². The molecule has 0 spiro atoms. The molecule has 35 heavy (non-hydrogen) atoms. The van der Waals surface area contributed by atoms with Crippen LogP contribution in [0.5, 0.6) is 23.0 Å². The topological polar surface area (TPSA) is 18.5 Å². The van der Waals surface area contributed by atoms with Crippen molar-refractivity contribution < 1.29 is 9.47 Å². The van der Waals surface area contributed by atoms with Crippen LogP contribution in [0.15, 0.2) is 97.1 Å². The molecule has 4 aromatic rings. The zero-order valence-corrected chi connectivity index (χ0v) is 21.7. The zero-order valence-electron chi connectivity index (χ0n) is 21.7. The normalized spacial score (nSPS) is 11.7. The van der Waals surface area contributed by atoms with Crippen molar-refractivity contribution in [1.29, 1.82) is 0 Å². The Morgan fingerprint density at radius 2 is 0.686 bits per heavy atom. The monoisotopic (exact) mass is 464 g/mol. The fourth-order valence-corrected chi connectivity index (χ4v) is 4.16. The summed E-state index contributed by atoms with van der Waals surface area (Å²) in [6.07, 6.45) is 0. The summed E-state index contributed by atoms with van der Waals surface area (Å²) in [4.78, 5) is 0. The average Bonchev–Trinajstić information content (AvgIpc) is 2.85. The molecule has 4 rings (SSSR count). The molecule has 0 atom stereocenters. The van der Waals surface area contributed by atoms with Gasteiger partial charge in [0.2, 0.25) is 0 Å². The lowest BCUT2D eigenvalue weighted by molar-refractivity contribution is 0.481. The number of hydrogen-bond acceptors (Lipinski definition) is 2. The largest absolute Gasteiger partial charge is 0.457 e. The Labute approximate surface area is 210 Å². The van der Waals surface area contributed by atoms with Gasteiger partial charge in [0.05, 0.1) is 0 Å². The maximum atomic E-state index is 6.06. The van der Waals surface area contributed by atoms with Gasteiger partial charge in [0.15, 0.2) is 0 Å². The van der Waals surface area contributed by atoms with Gasteiger partial charge in [0, 0.05) is 5.41 Å². The van der Waals surface area contributed by atoms with Crippen molar-refractivity contribution in [2.75, 3.05) is 0 Å². The van der Waals surface area contributed by atoms with Gasteiger partial charge in [-0.3, -0.25) is 0 Å². The van der Waals surface area contributed by atoms with Crippen LogP contribution in [0.2, 0.25) is 0 Å². The van der Waals surface area contributed by atoms with Gasteiger partial charge in [0.1, 0.15) is 23.0 Å². The Morgan fingerprint density at radius 1 is 0.429 bits per heavy atom. The SMILES string of the molecule is CC(C)c1ccc(Oc2ccc(C(C)(C)c3ccc(Oc4ccc(C(C)C)cc4)cc3)cc2)cc1. The molecule has 0 saturated carbocycles. The molecular formula is C33H36O2. The molecule has 2 nitrogen and oxygen atoms in total. The first-order valence-electron chi connectivity index (χ1n) is 12.5. The van der Waals surface area contributed by atoms with Crippen LogP contribution in [-0.2, 0) is 5.41 Å². The van der Waals surface area contributed by atoms with Gasteiger partial charge < -0.3 is 9.47 Å². The summed E-state index contributed by atoms with van der Waals surface area (Å²) in [5.74, 6) is 4.43. The van der Waals surface area contributed by atoms with Gasteiger partial charge in [-0.2, -0.15) is 0 Å². The third kappa shape index (κ3) is 5.95. The maximum Gasteiger partial charge on any atom is 0.127 e. The molecule has 0 aromatic heterocycles. The number of rotatable bonds is 8. The summed E-state index contributed by atoms with van der Waals surface area (Å²) < 4.78 is 12.1. The Balaban J connectivity index is 1.42. The predicted octanol–water partition coefficient (Wildman–Crippen LogP) is 9.84. The van der Waals surface area contributed by atoms with Gasteiger partial charge in [0.25, 0.3) is 0 Å². The average molecular weight is 465 g/mol. The van der Waals surface area contributed by atoms with Crippen molar-refractivity contribution in [1.82, 2.24) is 0 Å². The highest BCUT2D eigenvalue weighted by atomic mass is 16.5. The lowest BCUT2D eigenvalue weighted by atomic mass is 9.78. The molecule has 0 aliphatic carbocycles. The van der Waals surface area contributed by atoms with Gasteiger partial charge in [-0.15, -0.1) is 0 Å². The van der Waals surface area contributed by atoms with Crippen LogP contribution in [0.25, 0.3) is 0 Å². The fourth-order valence-electron chi connectivity index (χ4n) is 4.16. The molecule has 0 bridgehead atoms. The van der Waals surface area contributed by atoms with E-state index in [-0.39, 0.29) is 5.41 Å². The summed E-state index contributed by atoms with van der Waals surface area (Å²) in [7, 11) is 0. The first-order chi connectivity index (χ1) is 16.7. The van der Waals surface area contributed by atoms with Gasteiger partial charge >= 0.3 is 0 Å². The summed E-state index contributed by atoms with van der Waals surface area (Å²) >= 11 is 0. The summed E-state index contributed by atoms with van der Waals surface area (Å²) in [5, 5.41) is 0. The van der Waals surface area contributed by atoms with E-state index in [0.29, 0.717) is 11.8 Å². The molecule has 0 unspecified atom stereocenters. The Hall–Kier alpha value is -3.52. The summed E-state index contributed by atoms with van der Waals surface area (Å²) in [6, 6.07) is 33.5. The molecule has 0 N–H and O–H groups in total. The predicted molar refractivity (Wildman–Crippen MR) is 146 cm³/mol. The highest BCUT2D eigenvalue weighted by Gasteiger charge is 2.23. The highest BCUT2D eigenvalue weighted by Crippen LogP contribution is 2.35. The molecule has 0 aliphatic rings. The molecule has 0 radical (unpaired) electrons. The highest BCUT2D eigenvalue weighted by molar-refractivity contribution is 5.44. The van der Waals surface area contributed by atoms with Crippen molar-refractivity contribution in [3.8, 4) is 23.0 Å². The second-order valence-electron chi connectivity index (χ2n) is 10.3. The van der Waals surface area contributed by atoms with E-state index in [4.69, 9.17) is 9.47 Å². The minimum absolute atomic E-state index is 0.144. The van der Waals surface area contributed by atoms with E-state index in [1.165, 1.54) is 22.3 Å². The second kappa shape index (κ2) is 10.4. The van der Waals surface area contributed by atoms with E-state index >= 15 is 0 Å². The van der Waals surface area contributed by atoms with E-state index in [0.717, 1.165) is 23.0 Å². The molecule has 180 valence electrons. The van der Waals surface area contributed by atoms with E-state index in [1.54, 1.807) is 0 Å². The smallest absolute Gasteiger partial charge is 0.127 e. The van der Waals surface area contributed by atoms with E-state index in [2.05, 4.69) is 90.1 Å². The number of benzene rings is 4. The third-order valence-corrected chi connectivity index (χ3v) is 6.72. The third-order valence-electron chi connectivity index (χ3n) is 6.72. The lowest BCUT2D eigenvalue weighted by Crippen LogP contribution is -2.18. The fraction of sp³-hybridized carbons (Fsp3) is 0.273. The Morgan fingerprint density at radius 3 is 0.943 bits per heavy atom. The van der Waals surface area contributed by atoms with Gasteiger partial charge in [-0.25, -0.2) is 0 Å². The molecule has 0 saturated heterocycles. The van der Waals surface area contributed by atoms with E-state index < -0.39 is 0 Å². The molecule has 0 heterocycles. The maximum absolute atomic E-state index is 6.06. The quantitative estimate of drug-likeness (QED) is 0.258. The van der Waals surface area contributed by atoms with Crippen molar-refractivity contribution in [3.05, 3.63) is 119 Å².